The third-order valence-electron chi connectivity index (χ3n) is 0.821. The lowest BCUT2D eigenvalue weighted by Gasteiger charge is -1.95. The van der Waals surface area contributed by atoms with Crippen LogP contribution in [0.2, 0.25) is 0 Å². The predicted molar refractivity (Wildman–Crippen MR) is 44.0 cm³/mol. The van der Waals surface area contributed by atoms with Crippen molar-refractivity contribution in [3.05, 3.63) is 12.8 Å². The Balaban J connectivity index is 4.19. The highest BCUT2D eigenvalue weighted by atomic mass is 15.0. The average Bonchev–Trinajstić information content (AvgIpc) is 1.89. The van der Waals surface area contributed by atoms with Crippen LogP contribution < -0.4 is 11.5 Å². The first-order valence-electron chi connectivity index (χ1n) is 2.96. The van der Waals surface area contributed by atoms with Gasteiger partial charge in [-0.3, -0.25) is 4.99 Å². The molecule has 0 unspecified atom stereocenters. The van der Waals surface area contributed by atoms with Crippen LogP contribution in [0.3, 0.4) is 0 Å². The van der Waals surface area contributed by atoms with E-state index in [2.05, 4.69) is 16.6 Å². The van der Waals surface area contributed by atoms with Crippen molar-refractivity contribution < 1.29 is 0 Å². The van der Waals surface area contributed by atoms with Crippen LogP contribution in [-0.2, 0) is 0 Å². The minimum absolute atomic E-state index is 0.219. The average molecular weight is 140 g/mol. The number of aliphatic imine (C=N–C) groups is 2. The molecular formula is C6H12N4. The Bertz CT molecular complexity index is 169. The summed E-state index contributed by atoms with van der Waals surface area (Å²) < 4.78 is 0. The van der Waals surface area contributed by atoms with E-state index >= 15 is 0 Å². The third-order valence-corrected chi connectivity index (χ3v) is 0.821. The maximum absolute atomic E-state index is 5.36. The molecule has 0 spiro atoms. The molecule has 0 aliphatic heterocycles. The molecule has 4 heteroatoms. The second kappa shape index (κ2) is 4.55. The molecule has 0 aromatic rings. The number of rotatable bonds is 2. The molecule has 4 nitrogen and oxygen atoms in total. The van der Waals surface area contributed by atoms with Crippen molar-refractivity contribution >= 4 is 11.7 Å². The topological polar surface area (TPSA) is 76.8 Å². The van der Waals surface area contributed by atoms with E-state index in [1.807, 2.05) is 6.92 Å². The molecule has 0 saturated heterocycles. The van der Waals surface area contributed by atoms with Gasteiger partial charge in [0.15, 0.2) is 11.7 Å². The van der Waals surface area contributed by atoms with Crippen LogP contribution in [0, 0.1) is 0 Å². The van der Waals surface area contributed by atoms with E-state index in [-0.39, 0.29) is 11.7 Å². The quantitative estimate of drug-likeness (QED) is 0.414. The number of hydrogen-bond acceptors (Lipinski definition) is 2. The molecule has 10 heavy (non-hydrogen) atoms. The van der Waals surface area contributed by atoms with Crippen LogP contribution in [0.15, 0.2) is 22.8 Å². The molecule has 0 aromatic heterocycles. The van der Waals surface area contributed by atoms with Crippen molar-refractivity contribution in [2.75, 3.05) is 6.54 Å². The zero-order valence-corrected chi connectivity index (χ0v) is 6.04. The van der Waals surface area contributed by atoms with Gasteiger partial charge >= 0.3 is 0 Å². The largest absolute Gasteiger partial charge is 0.381 e. The van der Waals surface area contributed by atoms with Gasteiger partial charge in [-0.15, -0.1) is 0 Å². The Morgan fingerprint density at radius 3 is 2.50 bits per heavy atom. The molecule has 0 aromatic carbocycles. The standard InChI is InChI=1S/C6H12N4/c1-3-9-5(7)6(8)10-4-2/h3H,1,4H2,2H3,(H2,7,9)(H2,8,10). The molecule has 0 radical (unpaired) electrons. The molecular weight excluding hydrogens is 128 g/mol. The Kier molecular flexibility index (Phi) is 3.95. The van der Waals surface area contributed by atoms with Crippen molar-refractivity contribution in [2.24, 2.45) is 21.5 Å². The molecule has 0 fully saturated rings. The van der Waals surface area contributed by atoms with E-state index in [4.69, 9.17) is 11.5 Å². The second-order valence-electron chi connectivity index (χ2n) is 1.56. The molecule has 0 amide bonds. The Morgan fingerprint density at radius 1 is 1.50 bits per heavy atom. The molecule has 0 aliphatic carbocycles. The molecule has 0 saturated carbocycles. The van der Waals surface area contributed by atoms with E-state index in [9.17, 15) is 0 Å². The lowest BCUT2D eigenvalue weighted by Crippen LogP contribution is -2.31. The highest BCUT2D eigenvalue weighted by Crippen LogP contribution is 1.74. The summed E-state index contributed by atoms with van der Waals surface area (Å²) in [5, 5.41) is 0. The normalized spacial score (nSPS) is 13.3. The molecule has 0 heterocycles. The van der Waals surface area contributed by atoms with Gasteiger partial charge in [0.05, 0.1) is 0 Å². The van der Waals surface area contributed by atoms with Crippen molar-refractivity contribution in [3.63, 3.8) is 0 Å². The first kappa shape index (κ1) is 8.68. The fraction of sp³-hybridized carbons (Fsp3) is 0.333. The molecule has 0 aliphatic rings. The first-order valence-corrected chi connectivity index (χ1v) is 2.96. The van der Waals surface area contributed by atoms with Gasteiger partial charge in [0.25, 0.3) is 0 Å². The summed E-state index contributed by atoms with van der Waals surface area (Å²) in [5.41, 5.74) is 10.7. The molecule has 56 valence electrons. The van der Waals surface area contributed by atoms with Gasteiger partial charge in [0, 0.05) is 12.7 Å². The summed E-state index contributed by atoms with van der Waals surface area (Å²) in [6, 6.07) is 0. The van der Waals surface area contributed by atoms with E-state index in [1.54, 1.807) is 0 Å². The van der Waals surface area contributed by atoms with E-state index in [0.29, 0.717) is 6.54 Å². The summed E-state index contributed by atoms with van der Waals surface area (Å²) in [7, 11) is 0. The molecule has 0 atom stereocenters. The van der Waals surface area contributed by atoms with Gasteiger partial charge in [-0.05, 0) is 6.92 Å². The summed E-state index contributed by atoms with van der Waals surface area (Å²) in [5.74, 6) is 0.485. The highest BCUT2D eigenvalue weighted by molar-refractivity contribution is 6.39. The summed E-state index contributed by atoms with van der Waals surface area (Å²) in [4.78, 5) is 7.48. The monoisotopic (exact) mass is 140 g/mol. The Morgan fingerprint density at radius 2 is 2.10 bits per heavy atom. The predicted octanol–water partition coefficient (Wildman–Crippen LogP) is -0.136. The number of nitrogens with zero attached hydrogens (tertiary/aromatic N) is 2. The lowest BCUT2D eigenvalue weighted by atomic mass is 10.5. The minimum atomic E-state index is 0.219. The van der Waals surface area contributed by atoms with Crippen LogP contribution in [0.5, 0.6) is 0 Å². The van der Waals surface area contributed by atoms with Gasteiger partial charge in [-0.1, -0.05) is 6.58 Å². The third kappa shape index (κ3) is 2.86. The lowest BCUT2D eigenvalue weighted by molar-refractivity contribution is 1.13. The number of nitrogens with two attached hydrogens (primary N) is 2. The molecule has 0 bridgehead atoms. The van der Waals surface area contributed by atoms with Crippen LogP contribution in [0.1, 0.15) is 6.92 Å². The number of hydrogen-bond donors (Lipinski definition) is 2. The van der Waals surface area contributed by atoms with Crippen LogP contribution in [0.25, 0.3) is 0 Å². The second-order valence-corrected chi connectivity index (χ2v) is 1.56. The van der Waals surface area contributed by atoms with Crippen LogP contribution in [0.4, 0.5) is 0 Å². The van der Waals surface area contributed by atoms with Gasteiger partial charge in [-0.25, -0.2) is 4.99 Å². The van der Waals surface area contributed by atoms with E-state index in [0.717, 1.165) is 0 Å². The zero-order chi connectivity index (χ0) is 7.98. The molecule has 4 N–H and O–H groups in total. The SMILES string of the molecule is C=CN=C(N)C(N)=NCC. The van der Waals surface area contributed by atoms with Gasteiger partial charge in [0.2, 0.25) is 0 Å². The van der Waals surface area contributed by atoms with Crippen LogP contribution in [-0.4, -0.2) is 18.2 Å². The maximum atomic E-state index is 5.36. The van der Waals surface area contributed by atoms with Crippen molar-refractivity contribution in [1.82, 2.24) is 0 Å². The zero-order valence-electron chi connectivity index (χ0n) is 6.04. The first-order chi connectivity index (χ1) is 4.72. The fourth-order valence-electron chi connectivity index (χ4n) is 0.416. The van der Waals surface area contributed by atoms with E-state index in [1.165, 1.54) is 6.20 Å². The van der Waals surface area contributed by atoms with Crippen molar-refractivity contribution in [2.45, 2.75) is 6.92 Å². The summed E-state index contributed by atoms with van der Waals surface area (Å²) in [6.07, 6.45) is 1.33. The van der Waals surface area contributed by atoms with Gasteiger partial charge in [-0.2, -0.15) is 0 Å². The Labute approximate surface area is 60.3 Å². The summed E-state index contributed by atoms with van der Waals surface area (Å²) in [6.45, 7) is 5.84. The van der Waals surface area contributed by atoms with Crippen molar-refractivity contribution in [3.8, 4) is 0 Å². The smallest absolute Gasteiger partial charge is 0.165 e. The molecule has 0 rings (SSSR count). The van der Waals surface area contributed by atoms with Gasteiger partial charge < -0.3 is 11.5 Å². The minimum Gasteiger partial charge on any atom is -0.381 e. The Hall–Kier alpha value is -1.32. The van der Waals surface area contributed by atoms with Gasteiger partial charge in [0.1, 0.15) is 0 Å². The van der Waals surface area contributed by atoms with Crippen molar-refractivity contribution in [1.29, 1.82) is 0 Å². The number of amidine groups is 2. The van der Waals surface area contributed by atoms with Crippen LogP contribution >= 0.6 is 0 Å². The van der Waals surface area contributed by atoms with E-state index < -0.39 is 0 Å². The highest BCUT2D eigenvalue weighted by Gasteiger charge is 1.93. The maximum Gasteiger partial charge on any atom is 0.165 e. The fourth-order valence-corrected chi connectivity index (χ4v) is 0.416. The summed E-state index contributed by atoms with van der Waals surface area (Å²) >= 11 is 0.